The number of hydrogen-bond acceptors (Lipinski definition) is 3. The van der Waals surface area contributed by atoms with Gasteiger partial charge in [0.1, 0.15) is 6.10 Å². The maximum absolute atomic E-state index is 11.7. The summed E-state index contributed by atoms with van der Waals surface area (Å²) in [6.45, 7) is 9.11. The third kappa shape index (κ3) is 2.47. The molecule has 0 aliphatic carbocycles. The van der Waals surface area contributed by atoms with E-state index in [0.717, 1.165) is 6.42 Å². The second-order valence-electron chi connectivity index (χ2n) is 4.70. The molecule has 0 aromatic carbocycles. The van der Waals surface area contributed by atoms with Gasteiger partial charge in [0.2, 0.25) is 0 Å². The largest absolute Gasteiger partial charge is 0.459 e. The van der Waals surface area contributed by atoms with Gasteiger partial charge in [-0.2, -0.15) is 0 Å². The molecule has 1 fully saturated rings. The Hall–Kier alpha value is -0.570. The third-order valence-corrected chi connectivity index (χ3v) is 2.99. The molecule has 1 aliphatic heterocycles. The van der Waals surface area contributed by atoms with E-state index in [1.165, 1.54) is 0 Å². The first-order valence-electron chi connectivity index (χ1n) is 5.26. The molecular formula is C11H20O3. The van der Waals surface area contributed by atoms with Gasteiger partial charge in [0.25, 0.3) is 0 Å². The van der Waals surface area contributed by atoms with Gasteiger partial charge in [-0.1, -0.05) is 13.8 Å². The summed E-state index contributed by atoms with van der Waals surface area (Å²) in [5, 5.41) is 0. The summed E-state index contributed by atoms with van der Waals surface area (Å²) in [6, 6.07) is 0. The Morgan fingerprint density at radius 2 is 2.14 bits per heavy atom. The number of hydrogen-bond donors (Lipinski definition) is 0. The van der Waals surface area contributed by atoms with Crippen LogP contribution in [0.1, 0.15) is 34.1 Å². The zero-order valence-corrected chi connectivity index (χ0v) is 9.50. The molecule has 1 saturated heterocycles. The molecule has 0 spiro atoms. The van der Waals surface area contributed by atoms with Crippen LogP contribution in [0.5, 0.6) is 0 Å². The lowest BCUT2D eigenvalue weighted by atomic mass is 9.90. The predicted molar refractivity (Wildman–Crippen MR) is 53.9 cm³/mol. The highest BCUT2D eigenvalue weighted by atomic mass is 16.6. The molecule has 0 aromatic heterocycles. The van der Waals surface area contributed by atoms with Crippen LogP contribution in [0.4, 0.5) is 0 Å². The van der Waals surface area contributed by atoms with E-state index < -0.39 is 0 Å². The first-order valence-corrected chi connectivity index (χ1v) is 5.26. The number of carbonyl (C=O) groups is 1. The van der Waals surface area contributed by atoms with Crippen LogP contribution in [0.25, 0.3) is 0 Å². The van der Waals surface area contributed by atoms with Crippen molar-refractivity contribution in [3.8, 4) is 0 Å². The first kappa shape index (κ1) is 11.5. The van der Waals surface area contributed by atoms with Crippen LogP contribution in [-0.2, 0) is 14.3 Å². The highest BCUT2D eigenvalue weighted by Gasteiger charge is 2.33. The minimum atomic E-state index is -0.373. The lowest BCUT2D eigenvalue weighted by Gasteiger charge is -2.24. The normalized spacial score (nSPS) is 27.7. The maximum Gasteiger partial charge on any atom is 0.311 e. The molecule has 0 bridgehead atoms. The van der Waals surface area contributed by atoms with Gasteiger partial charge in [-0.05, 0) is 20.3 Å². The number of esters is 1. The van der Waals surface area contributed by atoms with Crippen LogP contribution in [0.15, 0.2) is 0 Å². The minimum absolute atomic E-state index is 0.0478. The predicted octanol–water partition coefficient (Wildman–Crippen LogP) is 2.00. The lowest BCUT2D eigenvalue weighted by molar-refractivity contribution is -0.161. The molecule has 1 aliphatic rings. The smallest absolute Gasteiger partial charge is 0.311 e. The van der Waals surface area contributed by atoms with E-state index >= 15 is 0 Å². The van der Waals surface area contributed by atoms with Crippen molar-refractivity contribution in [2.45, 2.75) is 40.2 Å². The van der Waals surface area contributed by atoms with Gasteiger partial charge in [-0.3, -0.25) is 4.79 Å². The van der Waals surface area contributed by atoms with E-state index in [2.05, 4.69) is 0 Å². The fourth-order valence-electron chi connectivity index (χ4n) is 1.23. The topological polar surface area (TPSA) is 35.5 Å². The van der Waals surface area contributed by atoms with Gasteiger partial charge in [-0.25, -0.2) is 0 Å². The third-order valence-electron chi connectivity index (χ3n) is 2.99. The molecule has 2 unspecified atom stereocenters. The van der Waals surface area contributed by atoms with Crippen molar-refractivity contribution >= 4 is 5.97 Å². The summed E-state index contributed by atoms with van der Waals surface area (Å²) in [5.41, 5.74) is -0.373. The fraction of sp³-hybridized carbons (Fsp3) is 0.909. The average molecular weight is 200 g/mol. The van der Waals surface area contributed by atoms with Crippen LogP contribution in [0, 0.1) is 11.3 Å². The SMILES string of the molecule is CCC(C)(C)C(=O)OC1COCC1C. The Morgan fingerprint density at radius 3 is 2.57 bits per heavy atom. The molecule has 14 heavy (non-hydrogen) atoms. The van der Waals surface area contributed by atoms with Crippen LogP contribution in [-0.4, -0.2) is 25.3 Å². The summed E-state index contributed by atoms with van der Waals surface area (Å²) >= 11 is 0. The standard InChI is InChI=1S/C11H20O3/c1-5-11(3,4)10(12)14-9-7-13-6-8(9)2/h8-9H,5-7H2,1-4H3. The molecule has 3 nitrogen and oxygen atoms in total. The molecule has 0 N–H and O–H groups in total. The number of carbonyl (C=O) groups excluding carboxylic acids is 1. The van der Waals surface area contributed by atoms with Gasteiger partial charge in [0.05, 0.1) is 18.6 Å². The highest BCUT2D eigenvalue weighted by Crippen LogP contribution is 2.25. The molecule has 0 radical (unpaired) electrons. The second-order valence-corrected chi connectivity index (χ2v) is 4.70. The molecule has 0 saturated carbocycles. The summed E-state index contributed by atoms with van der Waals surface area (Å²) in [5.74, 6) is 0.217. The van der Waals surface area contributed by atoms with E-state index in [4.69, 9.17) is 9.47 Å². The minimum Gasteiger partial charge on any atom is -0.459 e. The van der Waals surface area contributed by atoms with Crippen molar-refractivity contribution in [3.63, 3.8) is 0 Å². The van der Waals surface area contributed by atoms with Crippen molar-refractivity contribution in [1.29, 1.82) is 0 Å². The molecular weight excluding hydrogens is 180 g/mol. The monoisotopic (exact) mass is 200 g/mol. The Balaban J connectivity index is 2.48. The van der Waals surface area contributed by atoms with Crippen LogP contribution < -0.4 is 0 Å². The zero-order chi connectivity index (χ0) is 10.8. The van der Waals surface area contributed by atoms with Gasteiger partial charge < -0.3 is 9.47 Å². The Bertz CT molecular complexity index is 211. The quantitative estimate of drug-likeness (QED) is 0.654. The van der Waals surface area contributed by atoms with Crippen LogP contribution in [0.3, 0.4) is 0 Å². The maximum atomic E-state index is 11.7. The van der Waals surface area contributed by atoms with E-state index in [9.17, 15) is 4.79 Å². The first-order chi connectivity index (χ1) is 6.47. The Morgan fingerprint density at radius 1 is 1.50 bits per heavy atom. The van der Waals surface area contributed by atoms with Crippen LogP contribution >= 0.6 is 0 Å². The van der Waals surface area contributed by atoms with Crippen LogP contribution in [0.2, 0.25) is 0 Å². The van der Waals surface area contributed by atoms with E-state index in [1.807, 2.05) is 27.7 Å². The average Bonchev–Trinajstić information content (AvgIpc) is 2.52. The number of ether oxygens (including phenoxy) is 2. The van der Waals surface area contributed by atoms with E-state index in [-0.39, 0.29) is 17.5 Å². The lowest BCUT2D eigenvalue weighted by Crippen LogP contribution is -2.32. The van der Waals surface area contributed by atoms with Gasteiger partial charge in [0.15, 0.2) is 0 Å². The molecule has 0 amide bonds. The molecule has 82 valence electrons. The van der Waals surface area contributed by atoms with Crippen molar-refractivity contribution in [2.75, 3.05) is 13.2 Å². The van der Waals surface area contributed by atoms with Gasteiger partial charge in [-0.15, -0.1) is 0 Å². The fourth-order valence-corrected chi connectivity index (χ4v) is 1.23. The highest BCUT2D eigenvalue weighted by molar-refractivity contribution is 5.76. The van der Waals surface area contributed by atoms with Crippen molar-refractivity contribution in [3.05, 3.63) is 0 Å². The van der Waals surface area contributed by atoms with Crippen molar-refractivity contribution < 1.29 is 14.3 Å². The summed E-state index contributed by atoms with van der Waals surface area (Å²) in [4.78, 5) is 11.7. The molecule has 1 heterocycles. The van der Waals surface area contributed by atoms with E-state index in [1.54, 1.807) is 0 Å². The summed E-state index contributed by atoms with van der Waals surface area (Å²) < 4.78 is 10.7. The zero-order valence-electron chi connectivity index (χ0n) is 9.50. The van der Waals surface area contributed by atoms with Crippen molar-refractivity contribution in [2.24, 2.45) is 11.3 Å². The number of rotatable bonds is 3. The molecule has 1 rings (SSSR count). The molecule has 0 aromatic rings. The summed E-state index contributed by atoms with van der Waals surface area (Å²) in [6.07, 6.45) is 0.752. The Labute approximate surface area is 85.8 Å². The second kappa shape index (κ2) is 4.30. The van der Waals surface area contributed by atoms with E-state index in [0.29, 0.717) is 19.1 Å². The van der Waals surface area contributed by atoms with Crippen molar-refractivity contribution in [1.82, 2.24) is 0 Å². The molecule has 3 heteroatoms. The summed E-state index contributed by atoms with van der Waals surface area (Å²) in [7, 11) is 0. The molecule has 2 atom stereocenters. The Kier molecular flexibility index (Phi) is 3.53. The van der Waals surface area contributed by atoms with Gasteiger partial charge >= 0.3 is 5.97 Å². The van der Waals surface area contributed by atoms with Gasteiger partial charge in [0, 0.05) is 5.92 Å².